The van der Waals surface area contributed by atoms with Gasteiger partial charge in [0, 0.05) is 65.2 Å². The SMILES string of the molecule is CN=C(NCCN1CCN(C(C)=O)CC1)NCC1(c2cccc(F)c2)CC1.I. The molecule has 28 heavy (non-hydrogen) atoms. The number of carbonyl (C=O) groups excluding carboxylic acids is 1. The summed E-state index contributed by atoms with van der Waals surface area (Å²) in [5, 5.41) is 6.75. The van der Waals surface area contributed by atoms with E-state index in [4.69, 9.17) is 0 Å². The molecule has 2 fully saturated rings. The van der Waals surface area contributed by atoms with E-state index < -0.39 is 0 Å². The van der Waals surface area contributed by atoms with Crippen LogP contribution in [0.5, 0.6) is 0 Å². The first-order chi connectivity index (χ1) is 13.0. The number of hydrogen-bond donors (Lipinski definition) is 2. The number of benzene rings is 1. The summed E-state index contributed by atoms with van der Waals surface area (Å²) in [6.45, 7) is 7.54. The van der Waals surface area contributed by atoms with E-state index in [1.807, 2.05) is 11.0 Å². The fourth-order valence-electron chi connectivity index (χ4n) is 3.63. The zero-order chi connectivity index (χ0) is 19.3. The molecule has 1 aliphatic carbocycles. The highest BCUT2D eigenvalue weighted by atomic mass is 127. The van der Waals surface area contributed by atoms with E-state index in [1.165, 1.54) is 6.07 Å². The Morgan fingerprint density at radius 3 is 2.50 bits per heavy atom. The molecule has 3 rings (SSSR count). The average molecular weight is 503 g/mol. The van der Waals surface area contributed by atoms with Gasteiger partial charge in [0.1, 0.15) is 5.82 Å². The molecule has 0 unspecified atom stereocenters. The van der Waals surface area contributed by atoms with Crippen molar-refractivity contribution in [2.24, 2.45) is 4.99 Å². The Balaban J connectivity index is 0.00000280. The van der Waals surface area contributed by atoms with Crippen LogP contribution in [0.4, 0.5) is 4.39 Å². The summed E-state index contributed by atoms with van der Waals surface area (Å²) in [5.74, 6) is 0.760. The monoisotopic (exact) mass is 503 g/mol. The van der Waals surface area contributed by atoms with Crippen molar-refractivity contribution in [2.45, 2.75) is 25.2 Å². The second-order valence-electron chi connectivity index (χ2n) is 7.49. The van der Waals surface area contributed by atoms with Gasteiger partial charge in [-0.1, -0.05) is 12.1 Å². The zero-order valence-electron chi connectivity index (χ0n) is 16.7. The highest BCUT2D eigenvalue weighted by molar-refractivity contribution is 14.0. The number of guanidine groups is 1. The van der Waals surface area contributed by atoms with Gasteiger partial charge in [-0.15, -0.1) is 24.0 Å². The van der Waals surface area contributed by atoms with Crippen LogP contribution in [0.15, 0.2) is 29.3 Å². The van der Waals surface area contributed by atoms with Gasteiger partial charge in [0.15, 0.2) is 5.96 Å². The molecular formula is C20H31FIN5O. The van der Waals surface area contributed by atoms with Gasteiger partial charge in [-0.05, 0) is 30.5 Å². The molecule has 1 amide bonds. The predicted octanol–water partition coefficient (Wildman–Crippen LogP) is 1.80. The van der Waals surface area contributed by atoms with E-state index in [0.717, 1.165) is 70.2 Å². The third-order valence-electron chi connectivity index (χ3n) is 5.65. The molecule has 0 spiro atoms. The lowest BCUT2D eigenvalue weighted by molar-refractivity contribution is -0.130. The van der Waals surface area contributed by atoms with Crippen molar-refractivity contribution in [3.8, 4) is 0 Å². The van der Waals surface area contributed by atoms with Crippen LogP contribution in [-0.2, 0) is 10.2 Å². The minimum atomic E-state index is -0.175. The number of carbonyl (C=O) groups is 1. The quantitative estimate of drug-likeness (QED) is 0.353. The van der Waals surface area contributed by atoms with Crippen molar-refractivity contribution >= 4 is 35.8 Å². The lowest BCUT2D eigenvalue weighted by atomic mass is 9.96. The van der Waals surface area contributed by atoms with Crippen molar-refractivity contribution in [3.63, 3.8) is 0 Å². The summed E-state index contributed by atoms with van der Waals surface area (Å²) in [7, 11) is 1.77. The van der Waals surface area contributed by atoms with E-state index in [0.29, 0.717) is 0 Å². The van der Waals surface area contributed by atoms with E-state index in [-0.39, 0.29) is 41.1 Å². The van der Waals surface area contributed by atoms with Crippen LogP contribution in [0.25, 0.3) is 0 Å². The Morgan fingerprint density at radius 2 is 1.93 bits per heavy atom. The first kappa shape index (κ1) is 22.9. The molecule has 2 aliphatic rings. The molecule has 156 valence electrons. The smallest absolute Gasteiger partial charge is 0.219 e. The summed E-state index contributed by atoms with van der Waals surface area (Å²) < 4.78 is 13.5. The maximum atomic E-state index is 13.5. The second-order valence-corrected chi connectivity index (χ2v) is 7.49. The highest BCUT2D eigenvalue weighted by Gasteiger charge is 2.44. The highest BCUT2D eigenvalue weighted by Crippen LogP contribution is 2.47. The number of nitrogens with one attached hydrogen (secondary N) is 2. The fraction of sp³-hybridized carbons (Fsp3) is 0.600. The summed E-state index contributed by atoms with van der Waals surface area (Å²) in [6, 6.07) is 6.92. The van der Waals surface area contributed by atoms with E-state index in [9.17, 15) is 9.18 Å². The van der Waals surface area contributed by atoms with E-state index in [2.05, 4.69) is 20.5 Å². The average Bonchev–Trinajstić information content (AvgIpc) is 3.46. The van der Waals surface area contributed by atoms with Crippen LogP contribution in [0.1, 0.15) is 25.3 Å². The van der Waals surface area contributed by atoms with Gasteiger partial charge < -0.3 is 15.5 Å². The minimum Gasteiger partial charge on any atom is -0.356 e. The molecule has 1 saturated heterocycles. The summed E-state index contributed by atoms with van der Waals surface area (Å²) in [6.07, 6.45) is 2.14. The number of halogens is 2. The number of piperazine rings is 1. The van der Waals surface area contributed by atoms with E-state index >= 15 is 0 Å². The predicted molar refractivity (Wildman–Crippen MR) is 121 cm³/mol. The fourth-order valence-corrected chi connectivity index (χ4v) is 3.63. The number of hydrogen-bond acceptors (Lipinski definition) is 3. The lowest BCUT2D eigenvalue weighted by Crippen LogP contribution is -2.50. The van der Waals surface area contributed by atoms with Gasteiger partial charge in [-0.25, -0.2) is 4.39 Å². The van der Waals surface area contributed by atoms with Crippen molar-refractivity contribution in [1.82, 2.24) is 20.4 Å². The van der Waals surface area contributed by atoms with Crippen molar-refractivity contribution in [3.05, 3.63) is 35.6 Å². The van der Waals surface area contributed by atoms with Crippen LogP contribution in [0, 0.1) is 5.82 Å². The summed E-state index contributed by atoms with van der Waals surface area (Å²) in [4.78, 5) is 19.9. The number of amides is 1. The normalized spacial score (nSPS) is 19.0. The molecule has 1 saturated carbocycles. The molecular weight excluding hydrogens is 472 g/mol. The molecule has 1 aromatic rings. The van der Waals surface area contributed by atoms with Crippen LogP contribution in [-0.4, -0.2) is 74.5 Å². The standard InChI is InChI=1S/C20H30FN5O.HI/c1-16(27)26-12-10-25(11-13-26)9-8-23-19(22-2)24-15-20(6-7-20)17-4-3-5-18(21)14-17;/h3-5,14H,6-13,15H2,1-2H3,(H2,22,23,24);1H. The summed E-state index contributed by atoms with van der Waals surface area (Å²) in [5.41, 5.74) is 1.09. The van der Waals surface area contributed by atoms with Gasteiger partial charge in [0.05, 0.1) is 0 Å². The zero-order valence-corrected chi connectivity index (χ0v) is 19.0. The molecule has 8 heteroatoms. The Bertz CT molecular complexity index is 687. The topological polar surface area (TPSA) is 60.0 Å². The van der Waals surface area contributed by atoms with E-state index in [1.54, 1.807) is 26.1 Å². The molecule has 1 aliphatic heterocycles. The molecule has 0 aromatic heterocycles. The maximum absolute atomic E-state index is 13.5. The molecule has 0 atom stereocenters. The first-order valence-electron chi connectivity index (χ1n) is 9.71. The Morgan fingerprint density at radius 1 is 1.21 bits per heavy atom. The Kier molecular flexibility index (Phi) is 8.48. The third kappa shape index (κ3) is 6.04. The number of aliphatic imine (C=N–C) groups is 1. The molecule has 0 bridgehead atoms. The van der Waals surface area contributed by atoms with Crippen LogP contribution < -0.4 is 10.6 Å². The Hall–Kier alpha value is -1.42. The van der Waals surface area contributed by atoms with Gasteiger partial charge in [0.2, 0.25) is 5.91 Å². The van der Waals surface area contributed by atoms with Gasteiger partial charge >= 0.3 is 0 Å². The molecule has 1 heterocycles. The molecule has 2 N–H and O–H groups in total. The molecule has 6 nitrogen and oxygen atoms in total. The minimum absolute atomic E-state index is 0. The maximum Gasteiger partial charge on any atom is 0.219 e. The van der Waals surface area contributed by atoms with Crippen molar-refractivity contribution in [2.75, 3.05) is 52.9 Å². The van der Waals surface area contributed by atoms with Gasteiger partial charge in [0.25, 0.3) is 0 Å². The molecule has 1 aromatic carbocycles. The lowest BCUT2D eigenvalue weighted by Gasteiger charge is -2.34. The number of rotatable bonds is 6. The van der Waals surface area contributed by atoms with Crippen molar-refractivity contribution < 1.29 is 9.18 Å². The van der Waals surface area contributed by atoms with Gasteiger partial charge in [-0.2, -0.15) is 0 Å². The third-order valence-corrected chi connectivity index (χ3v) is 5.65. The van der Waals surface area contributed by atoms with Crippen molar-refractivity contribution in [1.29, 1.82) is 0 Å². The first-order valence-corrected chi connectivity index (χ1v) is 9.71. The van der Waals surface area contributed by atoms with Crippen LogP contribution >= 0.6 is 24.0 Å². The second kappa shape index (κ2) is 10.4. The Labute approximate surface area is 184 Å². The number of nitrogens with zero attached hydrogens (tertiary/aromatic N) is 3. The van der Waals surface area contributed by atoms with Gasteiger partial charge in [-0.3, -0.25) is 14.7 Å². The largest absolute Gasteiger partial charge is 0.356 e. The summed E-state index contributed by atoms with van der Waals surface area (Å²) >= 11 is 0. The van der Waals surface area contributed by atoms with Crippen LogP contribution in [0.3, 0.4) is 0 Å². The van der Waals surface area contributed by atoms with Crippen LogP contribution in [0.2, 0.25) is 0 Å². The molecule has 0 radical (unpaired) electrons.